The topological polar surface area (TPSA) is 87.6 Å². The molecule has 0 saturated heterocycles. The molecule has 3 aromatic rings. The van der Waals surface area contributed by atoms with Crippen LogP contribution in [0.1, 0.15) is 10.4 Å². The second-order valence-electron chi connectivity index (χ2n) is 5.43. The minimum atomic E-state index is -3.67. The lowest BCUT2D eigenvalue weighted by Crippen LogP contribution is -2.22. The number of hydrogen-bond donors (Lipinski definition) is 1. The molecule has 130 valence electrons. The van der Waals surface area contributed by atoms with Crippen molar-refractivity contribution in [1.82, 2.24) is 9.29 Å². The fourth-order valence-electron chi connectivity index (χ4n) is 2.33. The number of aromatic carboxylic acids is 1. The SMILES string of the molecule is CN(C)S(=O)(=O)c1ccc2nc(-c3ccc(Cl)s3)cc(C(=O)O)c2c1. The molecule has 3 rings (SSSR count). The van der Waals surface area contributed by atoms with Gasteiger partial charge in [0.15, 0.2) is 0 Å². The maximum absolute atomic E-state index is 12.3. The number of benzene rings is 1. The van der Waals surface area contributed by atoms with E-state index in [2.05, 4.69) is 4.98 Å². The van der Waals surface area contributed by atoms with E-state index >= 15 is 0 Å². The van der Waals surface area contributed by atoms with Gasteiger partial charge in [-0.05, 0) is 36.4 Å². The zero-order valence-electron chi connectivity index (χ0n) is 13.2. The van der Waals surface area contributed by atoms with Gasteiger partial charge in [-0.2, -0.15) is 0 Å². The predicted octanol–water partition coefficient (Wildman–Crippen LogP) is 3.57. The lowest BCUT2D eigenvalue weighted by Gasteiger charge is -2.13. The Morgan fingerprint density at radius 2 is 1.92 bits per heavy atom. The summed E-state index contributed by atoms with van der Waals surface area (Å²) in [6.07, 6.45) is 0. The van der Waals surface area contributed by atoms with Crippen LogP contribution < -0.4 is 0 Å². The summed E-state index contributed by atoms with van der Waals surface area (Å²) in [6.45, 7) is 0. The standard InChI is InChI=1S/C16H13ClN2O4S2/c1-19(2)25(22,23)9-3-4-12-10(7-9)11(16(20)21)8-13(18-12)14-5-6-15(17)24-14/h3-8H,1-2H3,(H,20,21). The molecule has 0 aliphatic carbocycles. The lowest BCUT2D eigenvalue weighted by atomic mass is 10.1. The minimum Gasteiger partial charge on any atom is -0.478 e. The average Bonchev–Trinajstić information content (AvgIpc) is 2.99. The van der Waals surface area contributed by atoms with Gasteiger partial charge in [-0.15, -0.1) is 11.3 Å². The molecule has 1 N–H and O–H groups in total. The molecule has 0 aliphatic rings. The van der Waals surface area contributed by atoms with Gasteiger partial charge in [0.1, 0.15) is 0 Å². The van der Waals surface area contributed by atoms with Crippen LogP contribution in [-0.4, -0.2) is 42.9 Å². The van der Waals surface area contributed by atoms with Gasteiger partial charge in [0.25, 0.3) is 0 Å². The number of thiophene rings is 1. The summed E-state index contributed by atoms with van der Waals surface area (Å²) in [5.74, 6) is -1.16. The first kappa shape index (κ1) is 17.8. The van der Waals surface area contributed by atoms with Crippen LogP contribution in [0.15, 0.2) is 41.3 Å². The van der Waals surface area contributed by atoms with Gasteiger partial charge in [-0.3, -0.25) is 0 Å². The summed E-state index contributed by atoms with van der Waals surface area (Å²) in [6, 6.07) is 9.17. The van der Waals surface area contributed by atoms with Crippen molar-refractivity contribution in [2.75, 3.05) is 14.1 Å². The van der Waals surface area contributed by atoms with Crippen LogP contribution in [0.2, 0.25) is 4.34 Å². The second kappa shape index (κ2) is 6.38. The average molecular weight is 397 g/mol. The van der Waals surface area contributed by atoms with Crippen LogP contribution in [0.3, 0.4) is 0 Å². The predicted molar refractivity (Wildman–Crippen MR) is 97.9 cm³/mol. The molecule has 25 heavy (non-hydrogen) atoms. The fourth-order valence-corrected chi connectivity index (χ4v) is 4.26. The van der Waals surface area contributed by atoms with E-state index in [0.717, 1.165) is 9.18 Å². The Morgan fingerprint density at radius 3 is 2.48 bits per heavy atom. The normalized spacial score (nSPS) is 12.0. The molecule has 0 spiro atoms. The van der Waals surface area contributed by atoms with Crippen LogP contribution in [0.5, 0.6) is 0 Å². The molecular weight excluding hydrogens is 384 g/mol. The molecule has 0 saturated carbocycles. The number of carbonyl (C=O) groups is 1. The van der Waals surface area contributed by atoms with E-state index in [4.69, 9.17) is 11.6 Å². The van der Waals surface area contributed by atoms with Gasteiger partial charge in [-0.1, -0.05) is 11.6 Å². The highest BCUT2D eigenvalue weighted by Crippen LogP contribution is 2.33. The largest absolute Gasteiger partial charge is 0.478 e. The summed E-state index contributed by atoms with van der Waals surface area (Å²) in [7, 11) is -0.840. The minimum absolute atomic E-state index is 0.0136. The summed E-state index contributed by atoms with van der Waals surface area (Å²) in [4.78, 5) is 16.9. The first-order chi connectivity index (χ1) is 11.7. The Balaban J connectivity index is 2.28. The Labute approximate surface area is 153 Å². The summed E-state index contributed by atoms with van der Waals surface area (Å²) in [5, 5.41) is 9.82. The molecule has 2 heterocycles. The highest BCUT2D eigenvalue weighted by Gasteiger charge is 2.20. The second-order valence-corrected chi connectivity index (χ2v) is 9.30. The van der Waals surface area contributed by atoms with Gasteiger partial charge in [0.2, 0.25) is 10.0 Å². The summed E-state index contributed by atoms with van der Waals surface area (Å²) in [5.41, 5.74) is 0.863. The number of rotatable bonds is 4. The van der Waals surface area contributed by atoms with Crippen molar-refractivity contribution in [3.63, 3.8) is 0 Å². The van der Waals surface area contributed by atoms with Gasteiger partial charge >= 0.3 is 5.97 Å². The third-order valence-electron chi connectivity index (χ3n) is 3.61. The Kier molecular flexibility index (Phi) is 4.54. The quantitative estimate of drug-likeness (QED) is 0.728. The van der Waals surface area contributed by atoms with Gasteiger partial charge in [-0.25, -0.2) is 22.5 Å². The molecule has 0 radical (unpaired) electrons. The molecule has 0 bridgehead atoms. The summed E-state index contributed by atoms with van der Waals surface area (Å²) >= 11 is 7.22. The number of hydrogen-bond acceptors (Lipinski definition) is 5. The molecule has 2 aromatic heterocycles. The zero-order valence-corrected chi connectivity index (χ0v) is 15.6. The number of carboxylic acid groups (broad SMARTS) is 1. The monoisotopic (exact) mass is 396 g/mol. The number of nitrogens with zero attached hydrogens (tertiary/aromatic N) is 2. The van der Waals surface area contributed by atoms with Crippen LogP contribution >= 0.6 is 22.9 Å². The van der Waals surface area contributed by atoms with Crippen molar-refractivity contribution < 1.29 is 18.3 Å². The van der Waals surface area contributed by atoms with Crippen molar-refractivity contribution in [3.05, 3.63) is 46.3 Å². The van der Waals surface area contributed by atoms with Crippen molar-refractivity contribution in [2.45, 2.75) is 4.90 Å². The van der Waals surface area contributed by atoms with E-state index in [-0.39, 0.29) is 15.8 Å². The number of halogens is 1. The Bertz CT molecular complexity index is 1090. The number of sulfonamides is 1. The van der Waals surface area contributed by atoms with Crippen LogP contribution in [-0.2, 0) is 10.0 Å². The smallest absolute Gasteiger partial charge is 0.336 e. The van der Waals surface area contributed by atoms with Gasteiger partial charge in [0.05, 0.1) is 30.9 Å². The van der Waals surface area contributed by atoms with Crippen molar-refractivity contribution >= 4 is 49.8 Å². The molecule has 1 aromatic carbocycles. The maximum Gasteiger partial charge on any atom is 0.336 e. The third-order valence-corrected chi connectivity index (χ3v) is 6.68. The number of aromatic nitrogens is 1. The van der Waals surface area contributed by atoms with Gasteiger partial charge < -0.3 is 5.11 Å². The van der Waals surface area contributed by atoms with Crippen LogP contribution in [0, 0.1) is 0 Å². The highest BCUT2D eigenvalue weighted by atomic mass is 35.5. The number of pyridine rings is 1. The number of fused-ring (bicyclic) bond motifs is 1. The molecule has 0 amide bonds. The lowest BCUT2D eigenvalue weighted by molar-refractivity contribution is 0.0699. The van der Waals surface area contributed by atoms with Crippen molar-refractivity contribution in [1.29, 1.82) is 0 Å². The number of carboxylic acids is 1. The third kappa shape index (κ3) is 3.25. The van der Waals surface area contributed by atoms with E-state index in [1.807, 2.05) is 0 Å². The van der Waals surface area contributed by atoms with E-state index in [0.29, 0.717) is 15.5 Å². The highest BCUT2D eigenvalue weighted by molar-refractivity contribution is 7.89. The molecule has 0 atom stereocenters. The first-order valence-corrected chi connectivity index (χ1v) is 9.70. The van der Waals surface area contributed by atoms with Crippen molar-refractivity contribution in [3.8, 4) is 10.6 Å². The molecule has 0 fully saturated rings. The van der Waals surface area contributed by atoms with E-state index in [9.17, 15) is 18.3 Å². The van der Waals surface area contributed by atoms with Crippen LogP contribution in [0.25, 0.3) is 21.5 Å². The molecular formula is C16H13ClN2O4S2. The molecule has 6 nitrogen and oxygen atoms in total. The van der Waals surface area contributed by atoms with E-state index in [1.165, 1.54) is 49.7 Å². The fraction of sp³-hybridized carbons (Fsp3) is 0.125. The zero-order chi connectivity index (χ0) is 18.4. The maximum atomic E-state index is 12.3. The summed E-state index contributed by atoms with van der Waals surface area (Å²) < 4.78 is 26.2. The van der Waals surface area contributed by atoms with Gasteiger partial charge in [0, 0.05) is 19.5 Å². The molecule has 9 heteroatoms. The van der Waals surface area contributed by atoms with Crippen LogP contribution in [0.4, 0.5) is 0 Å². The van der Waals surface area contributed by atoms with E-state index < -0.39 is 16.0 Å². The Morgan fingerprint density at radius 1 is 1.20 bits per heavy atom. The molecule has 0 aliphatic heterocycles. The van der Waals surface area contributed by atoms with Crippen molar-refractivity contribution in [2.24, 2.45) is 0 Å². The molecule has 0 unspecified atom stereocenters. The first-order valence-electron chi connectivity index (χ1n) is 7.06. The Hall–Kier alpha value is -2.00. The van der Waals surface area contributed by atoms with E-state index in [1.54, 1.807) is 12.1 Å².